The maximum absolute atomic E-state index is 14.4. The van der Waals surface area contributed by atoms with Crippen LogP contribution in [0.1, 0.15) is 103 Å². The maximum atomic E-state index is 14.4. The fourth-order valence-corrected chi connectivity index (χ4v) is 4.69. The molecule has 226 valence electrons. The summed E-state index contributed by atoms with van der Waals surface area (Å²) in [5, 5.41) is 5.93. The molecule has 0 saturated carbocycles. The summed E-state index contributed by atoms with van der Waals surface area (Å²) in [4.78, 5) is 43.1. The van der Waals surface area contributed by atoms with Gasteiger partial charge in [-0.1, -0.05) is 95.8 Å². The summed E-state index contributed by atoms with van der Waals surface area (Å²) in [6.45, 7) is 15.9. The van der Waals surface area contributed by atoms with Gasteiger partial charge in [0, 0.05) is 12.2 Å². The van der Waals surface area contributed by atoms with E-state index in [0.717, 1.165) is 48.8 Å². The fourth-order valence-electron chi connectivity index (χ4n) is 4.69. The van der Waals surface area contributed by atoms with E-state index in [9.17, 15) is 14.4 Å². The number of para-hydroxylation sites is 1. The number of carbonyl (C=O) groups excluding carboxylic acids is 3. The Kier molecular flexibility index (Phi) is 13.4. The largest absolute Gasteiger partial charge is 0.444 e. The van der Waals surface area contributed by atoms with Gasteiger partial charge in [-0.15, -0.1) is 0 Å². The van der Waals surface area contributed by atoms with Gasteiger partial charge in [0.25, 0.3) is 5.91 Å². The Morgan fingerprint density at radius 3 is 2.15 bits per heavy atom. The molecular formula is C34H51N3O4. The van der Waals surface area contributed by atoms with Gasteiger partial charge in [-0.05, 0) is 69.2 Å². The van der Waals surface area contributed by atoms with Crippen molar-refractivity contribution in [1.29, 1.82) is 0 Å². The number of nitrogens with one attached hydrogen (secondary N) is 2. The minimum absolute atomic E-state index is 0.171. The molecule has 0 spiro atoms. The van der Waals surface area contributed by atoms with E-state index in [1.807, 2.05) is 69.3 Å². The van der Waals surface area contributed by atoms with E-state index in [1.54, 1.807) is 25.7 Å². The van der Waals surface area contributed by atoms with Gasteiger partial charge in [-0.2, -0.15) is 0 Å². The lowest BCUT2D eigenvalue weighted by molar-refractivity contribution is -0.142. The Morgan fingerprint density at radius 1 is 0.927 bits per heavy atom. The van der Waals surface area contributed by atoms with Crippen LogP contribution in [-0.4, -0.2) is 41.0 Å². The molecule has 0 saturated heterocycles. The molecule has 2 aromatic carbocycles. The number of hydrogen-bond acceptors (Lipinski definition) is 4. The monoisotopic (exact) mass is 565 g/mol. The van der Waals surface area contributed by atoms with Crippen LogP contribution < -0.4 is 10.6 Å². The molecule has 0 bridgehead atoms. The van der Waals surface area contributed by atoms with Crippen molar-refractivity contribution in [3.05, 3.63) is 65.2 Å². The van der Waals surface area contributed by atoms with E-state index in [4.69, 9.17) is 4.74 Å². The van der Waals surface area contributed by atoms with Crippen LogP contribution in [0.15, 0.2) is 48.5 Å². The molecule has 0 aliphatic carbocycles. The van der Waals surface area contributed by atoms with E-state index in [-0.39, 0.29) is 17.7 Å². The molecule has 3 unspecified atom stereocenters. The van der Waals surface area contributed by atoms with Crippen molar-refractivity contribution >= 4 is 23.6 Å². The third-order valence-corrected chi connectivity index (χ3v) is 7.35. The first-order chi connectivity index (χ1) is 19.4. The zero-order valence-corrected chi connectivity index (χ0v) is 26.4. The number of benzene rings is 2. The lowest BCUT2D eigenvalue weighted by Gasteiger charge is -2.36. The van der Waals surface area contributed by atoms with Crippen molar-refractivity contribution in [2.45, 2.75) is 112 Å². The molecule has 2 rings (SSSR count). The molecule has 7 heteroatoms. The number of carbonyl (C=O) groups is 3. The first-order valence-corrected chi connectivity index (χ1v) is 15.2. The Balaban J connectivity index is 2.57. The SMILES string of the molecule is CCCCCCN(C(=O)C(NC(=O)OC(C)(C)C)C(C)CC)C(C(=O)Nc1ccccc1C)c1ccc(CC)cc1. The quantitative estimate of drug-likeness (QED) is 0.231. The van der Waals surface area contributed by atoms with Gasteiger partial charge in [0.15, 0.2) is 0 Å². The van der Waals surface area contributed by atoms with Crippen molar-refractivity contribution in [1.82, 2.24) is 10.2 Å². The van der Waals surface area contributed by atoms with Gasteiger partial charge in [0.1, 0.15) is 17.7 Å². The predicted octanol–water partition coefficient (Wildman–Crippen LogP) is 7.59. The summed E-state index contributed by atoms with van der Waals surface area (Å²) < 4.78 is 5.52. The van der Waals surface area contributed by atoms with Crippen LogP contribution >= 0.6 is 0 Å². The summed E-state index contributed by atoms with van der Waals surface area (Å²) in [5.41, 5.74) is 2.82. The van der Waals surface area contributed by atoms with E-state index >= 15 is 0 Å². The van der Waals surface area contributed by atoms with Gasteiger partial charge >= 0.3 is 6.09 Å². The molecule has 0 radical (unpaired) electrons. The van der Waals surface area contributed by atoms with Gasteiger partial charge in [0.05, 0.1) is 0 Å². The number of anilines is 1. The zero-order valence-electron chi connectivity index (χ0n) is 26.4. The van der Waals surface area contributed by atoms with E-state index < -0.39 is 23.8 Å². The molecule has 3 atom stereocenters. The number of amides is 3. The third-order valence-electron chi connectivity index (χ3n) is 7.35. The highest BCUT2D eigenvalue weighted by molar-refractivity contribution is 5.99. The highest BCUT2D eigenvalue weighted by atomic mass is 16.6. The first kappa shape index (κ1) is 33.9. The van der Waals surface area contributed by atoms with E-state index in [0.29, 0.717) is 18.7 Å². The lowest BCUT2D eigenvalue weighted by Crippen LogP contribution is -2.55. The normalized spacial score (nSPS) is 13.6. The standard InChI is InChI=1S/C34H51N3O4/c1-9-12-13-16-23-37(32(39)29(24(4)10-2)36-33(40)41-34(6,7)8)30(27-21-19-26(11-3)20-22-27)31(38)35-28-18-15-14-17-25(28)5/h14-15,17-22,24,29-30H,9-13,16,23H2,1-8H3,(H,35,38)(H,36,40). The Hall–Kier alpha value is -3.35. The van der Waals surface area contributed by atoms with Crippen LogP contribution in [-0.2, 0) is 20.7 Å². The minimum Gasteiger partial charge on any atom is -0.444 e. The van der Waals surface area contributed by atoms with Crippen molar-refractivity contribution in [2.24, 2.45) is 5.92 Å². The number of aryl methyl sites for hydroxylation is 2. The molecule has 2 N–H and O–H groups in total. The summed E-state index contributed by atoms with van der Waals surface area (Å²) in [7, 11) is 0. The second-order valence-corrected chi connectivity index (χ2v) is 11.9. The van der Waals surface area contributed by atoms with Gasteiger partial charge in [0.2, 0.25) is 5.91 Å². The Morgan fingerprint density at radius 2 is 1.59 bits per heavy atom. The molecule has 0 aromatic heterocycles. The summed E-state index contributed by atoms with van der Waals surface area (Å²) in [5.74, 6) is -0.741. The van der Waals surface area contributed by atoms with Crippen LogP contribution in [0.25, 0.3) is 0 Å². The predicted molar refractivity (Wildman–Crippen MR) is 167 cm³/mol. The minimum atomic E-state index is -0.873. The topological polar surface area (TPSA) is 87.7 Å². The smallest absolute Gasteiger partial charge is 0.408 e. The highest BCUT2D eigenvalue weighted by Gasteiger charge is 2.38. The molecular weight excluding hydrogens is 514 g/mol. The molecule has 0 fully saturated rings. The number of rotatable bonds is 14. The Bertz CT molecular complexity index is 1120. The van der Waals surface area contributed by atoms with Crippen molar-refractivity contribution in [3.63, 3.8) is 0 Å². The van der Waals surface area contributed by atoms with Crippen LogP contribution in [0, 0.1) is 12.8 Å². The maximum Gasteiger partial charge on any atom is 0.408 e. The lowest BCUT2D eigenvalue weighted by atomic mass is 9.95. The van der Waals surface area contributed by atoms with Crippen molar-refractivity contribution in [2.75, 3.05) is 11.9 Å². The number of nitrogens with zero attached hydrogens (tertiary/aromatic N) is 1. The molecule has 3 amide bonds. The van der Waals surface area contributed by atoms with Crippen molar-refractivity contribution < 1.29 is 19.1 Å². The van der Waals surface area contributed by atoms with Crippen LogP contribution in [0.3, 0.4) is 0 Å². The van der Waals surface area contributed by atoms with Crippen molar-refractivity contribution in [3.8, 4) is 0 Å². The van der Waals surface area contributed by atoms with Crippen LogP contribution in [0.2, 0.25) is 0 Å². The van der Waals surface area contributed by atoms with Gasteiger partial charge < -0.3 is 20.3 Å². The number of ether oxygens (including phenoxy) is 1. The average Bonchev–Trinajstić information content (AvgIpc) is 2.93. The van der Waals surface area contributed by atoms with Gasteiger partial charge in [-0.25, -0.2) is 4.79 Å². The second kappa shape index (κ2) is 16.2. The average molecular weight is 566 g/mol. The molecule has 0 aliphatic heterocycles. The molecule has 2 aromatic rings. The molecule has 0 aliphatic rings. The third kappa shape index (κ3) is 10.5. The van der Waals surface area contributed by atoms with E-state index in [1.165, 1.54) is 0 Å². The van der Waals surface area contributed by atoms with E-state index in [2.05, 4.69) is 24.5 Å². The first-order valence-electron chi connectivity index (χ1n) is 15.2. The zero-order chi connectivity index (χ0) is 30.6. The number of unbranched alkanes of at least 4 members (excludes halogenated alkanes) is 3. The molecule has 0 heterocycles. The summed E-state index contributed by atoms with van der Waals surface area (Å²) in [6.07, 6.45) is 4.68. The van der Waals surface area contributed by atoms with Crippen LogP contribution in [0.5, 0.6) is 0 Å². The summed E-state index contributed by atoms with van der Waals surface area (Å²) in [6, 6.07) is 13.8. The fraction of sp³-hybridized carbons (Fsp3) is 0.559. The number of hydrogen-bond donors (Lipinski definition) is 2. The molecule has 7 nitrogen and oxygen atoms in total. The van der Waals surface area contributed by atoms with Gasteiger partial charge in [-0.3, -0.25) is 9.59 Å². The van der Waals surface area contributed by atoms with Crippen LogP contribution in [0.4, 0.5) is 10.5 Å². The highest BCUT2D eigenvalue weighted by Crippen LogP contribution is 2.28. The molecule has 41 heavy (non-hydrogen) atoms. The Labute approximate surface area is 247 Å². The second-order valence-electron chi connectivity index (χ2n) is 11.9. The number of alkyl carbamates (subject to hydrolysis) is 1. The summed E-state index contributed by atoms with van der Waals surface area (Å²) >= 11 is 0.